The van der Waals surface area contributed by atoms with Gasteiger partial charge in [-0.2, -0.15) is 0 Å². The second kappa shape index (κ2) is 6.45. The summed E-state index contributed by atoms with van der Waals surface area (Å²) < 4.78 is 19.4. The van der Waals surface area contributed by atoms with E-state index in [1.54, 1.807) is 12.1 Å². The molecular weight excluding hydrogens is 265 g/mol. The number of hydrogen-bond acceptors (Lipinski definition) is 2. The molecule has 3 heteroatoms. The Morgan fingerprint density at radius 2 is 1.90 bits per heavy atom. The van der Waals surface area contributed by atoms with Crippen molar-refractivity contribution in [1.82, 2.24) is 5.32 Å². The number of likely N-dealkylation sites (N-methyl/N-ethyl adjacent to an activating group) is 1. The lowest BCUT2D eigenvalue weighted by molar-refractivity contribution is -0.0847. The normalized spacial score (nSPS) is 22.0. The van der Waals surface area contributed by atoms with Crippen molar-refractivity contribution in [3.05, 3.63) is 35.6 Å². The van der Waals surface area contributed by atoms with Gasteiger partial charge in [0.15, 0.2) is 0 Å². The van der Waals surface area contributed by atoms with Crippen LogP contribution in [0, 0.1) is 11.2 Å². The van der Waals surface area contributed by atoms with E-state index in [2.05, 4.69) is 19.2 Å². The van der Waals surface area contributed by atoms with Gasteiger partial charge in [-0.15, -0.1) is 0 Å². The number of rotatable bonds is 5. The van der Waals surface area contributed by atoms with Gasteiger partial charge in [-0.05, 0) is 62.3 Å². The molecule has 1 aromatic rings. The summed E-state index contributed by atoms with van der Waals surface area (Å²) in [7, 11) is 3.79. The third kappa shape index (κ3) is 3.83. The summed E-state index contributed by atoms with van der Waals surface area (Å²) in [5.41, 5.74) is 1.28. The van der Waals surface area contributed by atoms with E-state index in [0.29, 0.717) is 5.41 Å². The van der Waals surface area contributed by atoms with Crippen LogP contribution >= 0.6 is 0 Å². The SMILES string of the molecule is CNC(Cc1cccc(F)c1)C1(OC)CCC(C)(C)CC1. The van der Waals surface area contributed by atoms with Gasteiger partial charge in [0, 0.05) is 13.2 Å². The molecule has 1 atom stereocenters. The summed E-state index contributed by atoms with van der Waals surface area (Å²) >= 11 is 0. The highest BCUT2D eigenvalue weighted by atomic mass is 19.1. The summed E-state index contributed by atoms with van der Waals surface area (Å²) in [4.78, 5) is 0. The molecule has 0 spiro atoms. The van der Waals surface area contributed by atoms with Gasteiger partial charge in [0.1, 0.15) is 5.82 Å². The number of ether oxygens (including phenoxy) is 1. The van der Waals surface area contributed by atoms with Crippen molar-refractivity contribution in [3.63, 3.8) is 0 Å². The van der Waals surface area contributed by atoms with E-state index >= 15 is 0 Å². The Balaban J connectivity index is 2.14. The largest absolute Gasteiger partial charge is 0.377 e. The number of nitrogens with one attached hydrogen (secondary N) is 1. The standard InChI is InChI=1S/C18H28FNO/c1-17(2)8-10-18(21-4,11-9-17)16(20-3)13-14-6-5-7-15(19)12-14/h5-7,12,16,20H,8-11,13H2,1-4H3. The summed E-state index contributed by atoms with van der Waals surface area (Å²) in [5, 5.41) is 3.41. The Labute approximate surface area is 128 Å². The van der Waals surface area contributed by atoms with Gasteiger partial charge in [0.2, 0.25) is 0 Å². The van der Waals surface area contributed by atoms with Crippen LogP contribution in [0.3, 0.4) is 0 Å². The van der Waals surface area contributed by atoms with Crippen LogP contribution in [0.4, 0.5) is 4.39 Å². The molecule has 1 saturated carbocycles. The fraction of sp³-hybridized carbons (Fsp3) is 0.667. The van der Waals surface area contributed by atoms with Crippen molar-refractivity contribution in [3.8, 4) is 0 Å². The monoisotopic (exact) mass is 293 g/mol. The highest BCUT2D eigenvalue weighted by Crippen LogP contribution is 2.43. The average Bonchev–Trinajstić information content (AvgIpc) is 2.46. The van der Waals surface area contributed by atoms with Crippen LogP contribution < -0.4 is 5.32 Å². The summed E-state index contributed by atoms with van der Waals surface area (Å²) in [5.74, 6) is -0.168. The molecule has 1 aliphatic carbocycles. The Kier molecular flexibility index (Phi) is 5.05. The number of halogens is 1. The Morgan fingerprint density at radius 3 is 2.43 bits per heavy atom. The topological polar surface area (TPSA) is 21.3 Å². The average molecular weight is 293 g/mol. The smallest absolute Gasteiger partial charge is 0.123 e. The van der Waals surface area contributed by atoms with Crippen molar-refractivity contribution in [2.24, 2.45) is 5.41 Å². The van der Waals surface area contributed by atoms with Crippen LogP contribution in [0.15, 0.2) is 24.3 Å². The maximum absolute atomic E-state index is 13.4. The van der Waals surface area contributed by atoms with Gasteiger partial charge in [0.05, 0.1) is 5.60 Å². The second-order valence-electron chi connectivity index (χ2n) is 7.11. The van der Waals surface area contributed by atoms with Crippen molar-refractivity contribution in [1.29, 1.82) is 0 Å². The second-order valence-corrected chi connectivity index (χ2v) is 7.11. The van der Waals surface area contributed by atoms with E-state index in [1.807, 2.05) is 20.2 Å². The fourth-order valence-corrected chi connectivity index (χ4v) is 3.50. The summed E-state index contributed by atoms with van der Waals surface area (Å²) in [6.45, 7) is 4.65. The zero-order valence-electron chi connectivity index (χ0n) is 13.7. The van der Waals surface area contributed by atoms with E-state index in [0.717, 1.165) is 24.8 Å². The molecule has 21 heavy (non-hydrogen) atoms. The minimum absolute atomic E-state index is 0.142. The van der Waals surface area contributed by atoms with Crippen molar-refractivity contribution in [2.45, 2.75) is 57.6 Å². The first-order valence-corrected chi connectivity index (χ1v) is 7.88. The number of benzene rings is 1. The molecule has 0 bridgehead atoms. The van der Waals surface area contributed by atoms with E-state index in [4.69, 9.17) is 4.74 Å². The molecule has 1 unspecified atom stereocenters. The minimum Gasteiger partial charge on any atom is -0.377 e. The molecule has 2 nitrogen and oxygen atoms in total. The molecule has 1 aromatic carbocycles. The van der Waals surface area contributed by atoms with Crippen LogP contribution in [0.1, 0.15) is 45.1 Å². The molecule has 0 radical (unpaired) electrons. The Morgan fingerprint density at radius 1 is 1.24 bits per heavy atom. The molecule has 0 heterocycles. The van der Waals surface area contributed by atoms with Gasteiger partial charge in [0.25, 0.3) is 0 Å². The maximum Gasteiger partial charge on any atom is 0.123 e. The molecule has 1 aliphatic rings. The predicted molar refractivity (Wildman–Crippen MR) is 84.9 cm³/mol. The van der Waals surface area contributed by atoms with E-state index in [1.165, 1.54) is 18.9 Å². The fourth-order valence-electron chi connectivity index (χ4n) is 3.50. The van der Waals surface area contributed by atoms with Gasteiger partial charge in [-0.3, -0.25) is 0 Å². The summed E-state index contributed by atoms with van der Waals surface area (Å²) in [6, 6.07) is 7.10. The van der Waals surface area contributed by atoms with E-state index < -0.39 is 0 Å². The molecule has 0 saturated heterocycles. The molecule has 1 fully saturated rings. The lowest BCUT2D eigenvalue weighted by atomic mass is 9.67. The first kappa shape index (κ1) is 16.4. The third-order valence-electron chi connectivity index (χ3n) is 5.17. The highest BCUT2D eigenvalue weighted by Gasteiger charge is 2.43. The number of hydrogen-bond donors (Lipinski definition) is 1. The summed E-state index contributed by atoms with van der Waals surface area (Å²) in [6.07, 6.45) is 5.24. The van der Waals surface area contributed by atoms with Crippen LogP contribution in [0.2, 0.25) is 0 Å². The lowest BCUT2D eigenvalue weighted by Crippen LogP contribution is -2.54. The van der Waals surface area contributed by atoms with E-state index in [9.17, 15) is 4.39 Å². The highest BCUT2D eigenvalue weighted by molar-refractivity contribution is 5.19. The molecule has 118 valence electrons. The van der Waals surface area contributed by atoms with Gasteiger partial charge in [-0.25, -0.2) is 4.39 Å². The number of methoxy groups -OCH3 is 1. The van der Waals surface area contributed by atoms with Crippen molar-refractivity contribution in [2.75, 3.05) is 14.2 Å². The molecule has 0 aliphatic heterocycles. The van der Waals surface area contributed by atoms with Crippen LogP contribution in [-0.4, -0.2) is 25.8 Å². The first-order chi connectivity index (χ1) is 9.91. The van der Waals surface area contributed by atoms with Gasteiger partial charge < -0.3 is 10.1 Å². The maximum atomic E-state index is 13.4. The minimum atomic E-state index is -0.168. The predicted octanol–water partition coefficient (Wildman–Crippen LogP) is 3.94. The zero-order valence-corrected chi connectivity index (χ0v) is 13.7. The lowest BCUT2D eigenvalue weighted by Gasteiger charge is -2.47. The van der Waals surface area contributed by atoms with Gasteiger partial charge >= 0.3 is 0 Å². The molecule has 0 amide bonds. The van der Waals surface area contributed by atoms with Gasteiger partial charge in [-0.1, -0.05) is 26.0 Å². The Bertz CT molecular complexity index is 462. The molecule has 1 N–H and O–H groups in total. The third-order valence-corrected chi connectivity index (χ3v) is 5.17. The van der Waals surface area contributed by atoms with Crippen molar-refractivity contribution < 1.29 is 9.13 Å². The van der Waals surface area contributed by atoms with E-state index in [-0.39, 0.29) is 17.5 Å². The van der Waals surface area contributed by atoms with Crippen molar-refractivity contribution >= 4 is 0 Å². The molecule has 0 aromatic heterocycles. The molecule has 2 rings (SSSR count). The van der Waals surface area contributed by atoms with Crippen LogP contribution in [-0.2, 0) is 11.2 Å². The van der Waals surface area contributed by atoms with Crippen LogP contribution in [0.5, 0.6) is 0 Å². The first-order valence-electron chi connectivity index (χ1n) is 7.88. The molecular formula is C18H28FNO. The Hall–Kier alpha value is -0.930. The quantitative estimate of drug-likeness (QED) is 0.888. The zero-order chi connectivity index (χ0) is 15.5. The van der Waals surface area contributed by atoms with Crippen LogP contribution in [0.25, 0.3) is 0 Å².